The van der Waals surface area contributed by atoms with Gasteiger partial charge in [-0.1, -0.05) is 6.07 Å². The Kier molecular flexibility index (Phi) is 2.93. The molecule has 0 bridgehead atoms. The second-order valence-electron chi connectivity index (χ2n) is 4.23. The fraction of sp³-hybridized carbons (Fsp3) is 0.308. The predicted molar refractivity (Wildman–Crippen MR) is 70.3 cm³/mol. The number of fused-ring (bicyclic) bond motifs is 1. The van der Waals surface area contributed by atoms with E-state index < -0.39 is 0 Å². The molecule has 1 aliphatic rings. The summed E-state index contributed by atoms with van der Waals surface area (Å²) in [6.07, 6.45) is 0. The van der Waals surface area contributed by atoms with Gasteiger partial charge in [-0.15, -0.1) is 11.3 Å². The van der Waals surface area contributed by atoms with Crippen molar-refractivity contribution in [3.05, 3.63) is 39.8 Å². The van der Waals surface area contributed by atoms with Gasteiger partial charge in [0.15, 0.2) is 11.5 Å². The van der Waals surface area contributed by atoms with Crippen molar-refractivity contribution >= 4 is 11.3 Å². The molecule has 2 N–H and O–H groups in total. The third kappa shape index (κ3) is 1.95. The molecule has 2 heterocycles. The molecule has 4 nitrogen and oxygen atoms in total. The van der Waals surface area contributed by atoms with Gasteiger partial charge < -0.3 is 15.2 Å². The molecule has 5 heteroatoms. The second kappa shape index (κ2) is 4.59. The first-order valence-corrected chi connectivity index (χ1v) is 6.67. The van der Waals surface area contributed by atoms with E-state index >= 15 is 0 Å². The third-order valence-electron chi connectivity index (χ3n) is 2.97. The molecular formula is C13H14N2O2S. The van der Waals surface area contributed by atoms with E-state index in [1.165, 1.54) is 0 Å². The van der Waals surface area contributed by atoms with E-state index in [9.17, 15) is 0 Å². The zero-order chi connectivity index (χ0) is 12.5. The zero-order valence-electron chi connectivity index (χ0n) is 10.1. The highest BCUT2D eigenvalue weighted by atomic mass is 32.1. The molecule has 94 valence electrons. The third-order valence-corrected chi connectivity index (χ3v) is 4.05. The highest BCUT2D eigenvalue weighted by Crippen LogP contribution is 2.36. The number of thiazole rings is 1. The lowest BCUT2D eigenvalue weighted by Crippen LogP contribution is -2.13. The Bertz CT molecular complexity index is 568. The molecule has 1 unspecified atom stereocenters. The van der Waals surface area contributed by atoms with Crippen LogP contribution in [-0.2, 0) is 0 Å². The number of benzene rings is 1. The molecule has 0 amide bonds. The van der Waals surface area contributed by atoms with Crippen LogP contribution in [-0.4, -0.2) is 18.3 Å². The Labute approximate surface area is 109 Å². The molecule has 3 rings (SSSR count). The van der Waals surface area contributed by atoms with E-state index in [-0.39, 0.29) is 5.92 Å². The maximum absolute atomic E-state index is 5.89. The Morgan fingerprint density at radius 3 is 2.94 bits per heavy atom. The van der Waals surface area contributed by atoms with Gasteiger partial charge in [-0.05, 0) is 24.6 Å². The van der Waals surface area contributed by atoms with Crippen LogP contribution in [0.3, 0.4) is 0 Å². The number of aromatic nitrogens is 1. The fourth-order valence-corrected chi connectivity index (χ4v) is 2.98. The average Bonchev–Trinajstić information content (AvgIpc) is 2.99. The number of nitrogens with two attached hydrogens (primary N) is 1. The number of hydrogen-bond acceptors (Lipinski definition) is 5. The summed E-state index contributed by atoms with van der Waals surface area (Å²) in [5.41, 5.74) is 8.04. The minimum absolute atomic E-state index is 0.123. The molecule has 18 heavy (non-hydrogen) atoms. The van der Waals surface area contributed by atoms with Crippen LogP contribution in [0.1, 0.15) is 22.2 Å². The summed E-state index contributed by atoms with van der Waals surface area (Å²) in [4.78, 5) is 4.52. The Hall–Kier alpha value is -1.59. The lowest BCUT2D eigenvalue weighted by Gasteiger charge is -2.12. The largest absolute Gasteiger partial charge is 0.454 e. The van der Waals surface area contributed by atoms with Crippen molar-refractivity contribution in [3.63, 3.8) is 0 Å². The van der Waals surface area contributed by atoms with Gasteiger partial charge in [-0.25, -0.2) is 4.98 Å². The van der Waals surface area contributed by atoms with Crippen molar-refractivity contribution < 1.29 is 9.47 Å². The van der Waals surface area contributed by atoms with Gasteiger partial charge in [0, 0.05) is 23.5 Å². The van der Waals surface area contributed by atoms with Crippen LogP contribution < -0.4 is 15.2 Å². The number of nitrogens with zero attached hydrogens (tertiary/aromatic N) is 1. The molecule has 0 saturated heterocycles. The molecule has 0 radical (unpaired) electrons. The Balaban J connectivity index is 1.96. The standard InChI is InChI=1S/C13H14N2O2S/c1-8-6-18-13(15-8)10(5-14)9-2-3-11-12(4-9)17-7-16-11/h2-4,6,10H,5,7,14H2,1H3. The van der Waals surface area contributed by atoms with Crippen LogP contribution in [0.15, 0.2) is 23.6 Å². The van der Waals surface area contributed by atoms with Gasteiger partial charge in [0.2, 0.25) is 6.79 Å². The number of rotatable bonds is 3. The van der Waals surface area contributed by atoms with Crippen LogP contribution in [0.4, 0.5) is 0 Å². The summed E-state index contributed by atoms with van der Waals surface area (Å²) in [6.45, 7) is 2.82. The van der Waals surface area contributed by atoms with Crippen LogP contribution in [0.5, 0.6) is 11.5 Å². The fourth-order valence-electron chi connectivity index (χ4n) is 2.04. The summed E-state index contributed by atoms with van der Waals surface area (Å²) in [5.74, 6) is 1.71. The maximum Gasteiger partial charge on any atom is 0.231 e. The van der Waals surface area contributed by atoms with Crippen LogP contribution in [0.25, 0.3) is 0 Å². The molecule has 1 aliphatic heterocycles. The minimum atomic E-state index is 0.123. The first-order chi connectivity index (χ1) is 8.78. The van der Waals surface area contributed by atoms with E-state index in [1.54, 1.807) is 11.3 Å². The molecule has 1 aromatic heterocycles. The quantitative estimate of drug-likeness (QED) is 0.922. The molecule has 0 aliphatic carbocycles. The van der Waals surface area contributed by atoms with Gasteiger partial charge in [-0.3, -0.25) is 0 Å². The summed E-state index contributed by atoms with van der Waals surface area (Å²) in [5, 5.41) is 3.10. The molecule has 0 fully saturated rings. The molecule has 2 aromatic rings. The summed E-state index contributed by atoms with van der Waals surface area (Å²) in [6, 6.07) is 5.96. The Morgan fingerprint density at radius 1 is 1.39 bits per heavy atom. The molecule has 0 saturated carbocycles. The predicted octanol–water partition coefficient (Wildman–Crippen LogP) is 2.27. The van der Waals surface area contributed by atoms with E-state index in [0.717, 1.165) is 27.8 Å². The van der Waals surface area contributed by atoms with Crippen molar-refractivity contribution in [2.24, 2.45) is 5.73 Å². The van der Waals surface area contributed by atoms with E-state index in [4.69, 9.17) is 15.2 Å². The summed E-state index contributed by atoms with van der Waals surface area (Å²) >= 11 is 1.65. The van der Waals surface area contributed by atoms with Crippen molar-refractivity contribution in [1.82, 2.24) is 4.98 Å². The second-order valence-corrected chi connectivity index (χ2v) is 5.12. The summed E-state index contributed by atoms with van der Waals surface area (Å²) < 4.78 is 10.7. The van der Waals surface area contributed by atoms with Crippen molar-refractivity contribution in [3.8, 4) is 11.5 Å². The van der Waals surface area contributed by atoms with Gasteiger partial charge in [0.1, 0.15) is 5.01 Å². The SMILES string of the molecule is Cc1csc(C(CN)c2ccc3c(c2)OCO3)n1. The average molecular weight is 262 g/mol. The first kappa shape index (κ1) is 11.5. The monoisotopic (exact) mass is 262 g/mol. The van der Waals surface area contributed by atoms with E-state index in [2.05, 4.69) is 4.98 Å². The van der Waals surface area contributed by atoms with Crippen molar-refractivity contribution in [1.29, 1.82) is 0 Å². The first-order valence-electron chi connectivity index (χ1n) is 5.79. The Morgan fingerprint density at radius 2 is 2.22 bits per heavy atom. The smallest absolute Gasteiger partial charge is 0.231 e. The normalized spacial score (nSPS) is 14.8. The minimum Gasteiger partial charge on any atom is -0.454 e. The van der Waals surface area contributed by atoms with Crippen molar-refractivity contribution in [2.45, 2.75) is 12.8 Å². The van der Waals surface area contributed by atoms with E-state index in [1.807, 2.05) is 30.5 Å². The molecule has 0 spiro atoms. The highest BCUT2D eigenvalue weighted by Gasteiger charge is 2.20. The number of aryl methyl sites for hydroxylation is 1. The van der Waals surface area contributed by atoms with Gasteiger partial charge >= 0.3 is 0 Å². The lowest BCUT2D eigenvalue weighted by atomic mass is 9.99. The zero-order valence-corrected chi connectivity index (χ0v) is 10.9. The van der Waals surface area contributed by atoms with Gasteiger partial charge in [0.05, 0.1) is 0 Å². The van der Waals surface area contributed by atoms with Gasteiger partial charge in [0.25, 0.3) is 0 Å². The maximum atomic E-state index is 5.89. The van der Waals surface area contributed by atoms with E-state index in [0.29, 0.717) is 13.3 Å². The molecule has 1 aromatic carbocycles. The lowest BCUT2D eigenvalue weighted by molar-refractivity contribution is 0.174. The van der Waals surface area contributed by atoms with Crippen LogP contribution in [0, 0.1) is 6.92 Å². The van der Waals surface area contributed by atoms with Crippen LogP contribution >= 0.6 is 11.3 Å². The van der Waals surface area contributed by atoms with Gasteiger partial charge in [-0.2, -0.15) is 0 Å². The van der Waals surface area contributed by atoms with Crippen LogP contribution in [0.2, 0.25) is 0 Å². The highest BCUT2D eigenvalue weighted by molar-refractivity contribution is 7.09. The van der Waals surface area contributed by atoms with Crippen molar-refractivity contribution in [2.75, 3.05) is 13.3 Å². The summed E-state index contributed by atoms with van der Waals surface area (Å²) in [7, 11) is 0. The number of hydrogen-bond donors (Lipinski definition) is 1. The molecule has 1 atom stereocenters. The number of ether oxygens (including phenoxy) is 2. The molecular weight excluding hydrogens is 248 g/mol. The topological polar surface area (TPSA) is 57.4 Å².